The van der Waals surface area contributed by atoms with Crippen LogP contribution < -0.4 is 5.32 Å². The Morgan fingerprint density at radius 3 is 2.27 bits per heavy atom. The van der Waals surface area contributed by atoms with Gasteiger partial charge in [0.25, 0.3) is 5.91 Å². The molecule has 30 heavy (non-hydrogen) atoms. The second-order valence-electron chi connectivity index (χ2n) is 7.63. The molecule has 156 valence electrons. The van der Waals surface area contributed by atoms with Crippen LogP contribution in [0.5, 0.6) is 0 Å². The number of hydrogen-bond donors (Lipinski definition) is 1. The molecule has 1 aromatic heterocycles. The van der Waals surface area contributed by atoms with Crippen molar-refractivity contribution in [2.45, 2.75) is 33.4 Å². The van der Waals surface area contributed by atoms with Crippen molar-refractivity contribution in [2.24, 2.45) is 5.92 Å². The standard InChI is InChI=1S/C24H27N3O3/c1-17(2)14-25-23(28)18(3)30-24(29)21-16-27(15-19-10-6-4-7-11-19)26-22(21)20-12-8-5-9-13-20/h4-13,16-18H,14-15H2,1-3H3,(H,25,28)/t18-/m0/s1. The largest absolute Gasteiger partial charge is 0.449 e. The first-order chi connectivity index (χ1) is 14.4. The number of amides is 1. The predicted octanol–water partition coefficient (Wildman–Crippen LogP) is 3.92. The van der Waals surface area contributed by atoms with E-state index in [1.54, 1.807) is 17.8 Å². The molecule has 6 heteroatoms. The highest BCUT2D eigenvalue weighted by atomic mass is 16.5. The smallest absolute Gasteiger partial charge is 0.342 e. The lowest BCUT2D eigenvalue weighted by Gasteiger charge is -2.14. The molecule has 1 heterocycles. The van der Waals surface area contributed by atoms with Gasteiger partial charge in [-0.15, -0.1) is 0 Å². The SMILES string of the molecule is CC(C)CNC(=O)[C@H](C)OC(=O)c1cn(Cc2ccccc2)nc1-c1ccccc1. The van der Waals surface area contributed by atoms with Crippen LogP contribution in [-0.4, -0.2) is 34.3 Å². The topological polar surface area (TPSA) is 73.2 Å². The van der Waals surface area contributed by atoms with Crippen LogP contribution in [0.2, 0.25) is 0 Å². The van der Waals surface area contributed by atoms with Crippen LogP contribution >= 0.6 is 0 Å². The summed E-state index contributed by atoms with van der Waals surface area (Å²) in [6.45, 7) is 6.64. The third-order valence-corrected chi connectivity index (χ3v) is 4.55. The van der Waals surface area contributed by atoms with Gasteiger partial charge in [0.05, 0.1) is 6.54 Å². The molecule has 0 aliphatic heterocycles. The molecule has 2 aromatic carbocycles. The molecule has 0 fully saturated rings. The number of nitrogens with one attached hydrogen (secondary N) is 1. The van der Waals surface area contributed by atoms with Gasteiger partial charge in [0.2, 0.25) is 0 Å². The Labute approximate surface area is 176 Å². The molecule has 0 saturated heterocycles. The number of benzene rings is 2. The molecule has 1 amide bonds. The highest BCUT2D eigenvalue weighted by molar-refractivity contribution is 5.97. The van der Waals surface area contributed by atoms with E-state index in [1.807, 2.05) is 74.5 Å². The molecule has 0 aliphatic rings. The second kappa shape index (κ2) is 9.87. The quantitative estimate of drug-likeness (QED) is 0.577. The van der Waals surface area contributed by atoms with Gasteiger partial charge in [0.1, 0.15) is 11.3 Å². The average Bonchev–Trinajstić information content (AvgIpc) is 3.17. The van der Waals surface area contributed by atoms with E-state index in [-0.39, 0.29) is 5.91 Å². The first kappa shape index (κ1) is 21.3. The molecule has 3 aromatic rings. The van der Waals surface area contributed by atoms with Gasteiger partial charge in [-0.05, 0) is 18.4 Å². The van der Waals surface area contributed by atoms with Crippen LogP contribution in [0, 0.1) is 5.92 Å². The molecular formula is C24H27N3O3. The van der Waals surface area contributed by atoms with Crippen molar-refractivity contribution >= 4 is 11.9 Å². The van der Waals surface area contributed by atoms with Crippen LogP contribution in [0.4, 0.5) is 0 Å². The molecule has 0 spiro atoms. The van der Waals surface area contributed by atoms with Gasteiger partial charge < -0.3 is 10.1 Å². The fourth-order valence-corrected chi connectivity index (χ4v) is 2.96. The lowest BCUT2D eigenvalue weighted by Crippen LogP contribution is -2.37. The summed E-state index contributed by atoms with van der Waals surface area (Å²) in [5.74, 6) is -0.562. The summed E-state index contributed by atoms with van der Waals surface area (Å²) < 4.78 is 7.17. The Morgan fingerprint density at radius 2 is 1.63 bits per heavy atom. The van der Waals surface area contributed by atoms with Crippen molar-refractivity contribution in [3.8, 4) is 11.3 Å². The monoisotopic (exact) mass is 405 g/mol. The van der Waals surface area contributed by atoms with Crippen LogP contribution in [0.15, 0.2) is 66.9 Å². The summed E-state index contributed by atoms with van der Waals surface area (Å²) in [7, 11) is 0. The number of hydrogen-bond acceptors (Lipinski definition) is 4. The molecule has 1 atom stereocenters. The Bertz CT molecular complexity index is 981. The third-order valence-electron chi connectivity index (χ3n) is 4.55. The van der Waals surface area contributed by atoms with Gasteiger partial charge in [0, 0.05) is 18.3 Å². The van der Waals surface area contributed by atoms with E-state index in [4.69, 9.17) is 4.74 Å². The highest BCUT2D eigenvalue weighted by Crippen LogP contribution is 2.23. The van der Waals surface area contributed by atoms with Gasteiger partial charge in [0.15, 0.2) is 6.10 Å². The van der Waals surface area contributed by atoms with E-state index in [0.717, 1.165) is 11.1 Å². The summed E-state index contributed by atoms with van der Waals surface area (Å²) in [6.07, 6.45) is 0.786. The Morgan fingerprint density at radius 1 is 1.00 bits per heavy atom. The van der Waals surface area contributed by atoms with E-state index in [2.05, 4.69) is 10.4 Å². The number of aromatic nitrogens is 2. The van der Waals surface area contributed by atoms with Crippen molar-refractivity contribution < 1.29 is 14.3 Å². The van der Waals surface area contributed by atoms with Crippen LogP contribution in [-0.2, 0) is 16.1 Å². The minimum atomic E-state index is -0.891. The van der Waals surface area contributed by atoms with E-state index < -0.39 is 12.1 Å². The van der Waals surface area contributed by atoms with Gasteiger partial charge in [-0.1, -0.05) is 74.5 Å². The highest BCUT2D eigenvalue weighted by Gasteiger charge is 2.24. The molecule has 0 unspecified atom stereocenters. The number of esters is 1. The van der Waals surface area contributed by atoms with Gasteiger partial charge in [-0.3, -0.25) is 9.48 Å². The third kappa shape index (κ3) is 5.56. The van der Waals surface area contributed by atoms with Crippen LogP contribution in [0.1, 0.15) is 36.7 Å². The summed E-state index contributed by atoms with van der Waals surface area (Å²) >= 11 is 0. The number of carbonyl (C=O) groups is 2. The minimum Gasteiger partial charge on any atom is -0.449 e. The van der Waals surface area contributed by atoms with Crippen molar-refractivity contribution in [1.29, 1.82) is 0 Å². The Hall–Kier alpha value is -3.41. The first-order valence-electron chi connectivity index (χ1n) is 10.1. The fraction of sp³-hybridized carbons (Fsp3) is 0.292. The lowest BCUT2D eigenvalue weighted by molar-refractivity contribution is -0.129. The zero-order valence-electron chi connectivity index (χ0n) is 17.5. The van der Waals surface area contributed by atoms with Gasteiger partial charge >= 0.3 is 5.97 Å². The molecule has 3 rings (SSSR count). The molecule has 0 radical (unpaired) electrons. The van der Waals surface area contributed by atoms with E-state index in [1.165, 1.54) is 0 Å². The van der Waals surface area contributed by atoms with E-state index in [9.17, 15) is 9.59 Å². The minimum absolute atomic E-state index is 0.310. The lowest BCUT2D eigenvalue weighted by atomic mass is 10.1. The van der Waals surface area contributed by atoms with Crippen LogP contribution in [0.25, 0.3) is 11.3 Å². The van der Waals surface area contributed by atoms with Gasteiger partial charge in [-0.2, -0.15) is 5.10 Å². The number of nitrogens with zero attached hydrogens (tertiary/aromatic N) is 2. The first-order valence-corrected chi connectivity index (χ1v) is 10.1. The molecule has 0 aliphatic carbocycles. The van der Waals surface area contributed by atoms with Crippen molar-refractivity contribution in [1.82, 2.24) is 15.1 Å². The second-order valence-corrected chi connectivity index (χ2v) is 7.63. The average molecular weight is 405 g/mol. The summed E-state index contributed by atoms with van der Waals surface area (Å²) in [4.78, 5) is 25.1. The number of rotatable bonds is 8. The van der Waals surface area contributed by atoms with Crippen molar-refractivity contribution in [3.05, 3.63) is 78.0 Å². The zero-order valence-corrected chi connectivity index (χ0v) is 17.5. The molecule has 1 N–H and O–H groups in total. The summed E-state index contributed by atoms with van der Waals surface area (Å²) in [5.41, 5.74) is 2.75. The zero-order chi connectivity index (χ0) is 21.5. The summed E-state index contributed by atoms with van der Waals surface area (Å²) in [5, 5.41) is 7.41. The maximum Gasteiger partial charge on any atom is 0.342 e. The maximum absolute atomic E-state index is 12.9. The molecular weight excluding hydrogens is 378 g/mol. The fourth-order valence-electron chi connectivity index (χ4n) is 2.96. The molecule has 6 nitrogen and oxygen atoms in total. The van der Waals surface area contributed by atoms with E-state index in [0.29, 0.717) is 30.3 Å². The maximum atomic E-state index is 12.9. The predicted molar refractivity (Wildman–Crippen MR) is 116 cm³/mol. The molecule has 0 bridgehead atoms. The van der Waals surface area contributed by atoms with Crippen molar-refractivity contribution in [3.63, 3.8) is 0 Å². The number of carbonyl (C=O) groups excluding carboxylic acids is 2. The van der Waals surface area contributed by atoms with Crippen LogP contribution in [0.3, 0.4) is 0 Å². The van der Waals surface area contributed by atoms with Gasteiger partial charge in [-0.25, -0.2) is 4.79 Å². The number of ether oxygens (including phenoxy) is 1. The Balaban J connectivity index is 1.82. The Kier molecular flexibility index (Phi) is 7.01. The van der Waals surface area contributed by atoms with E-state index >= 15 is 0 Å². The summed E-state index contributed by atoms with van der Waals surface area (Å²) in [6, 6.07) is 19.4. The van der Waals surface area contributed by atoms with Crippen molar-refractivity contribution in [2.75, 3.05) is 6.54 Å². The molecule has 0 saturated carbocycles. The normalized spacial score (nSPS) is 11.9.